The van der Waals surface area contributed by atoms with E-state index in [9.17, 15) is 19.8 Å². The van der Waals surface area contributed by atoms with Crippen molar-refractivity contribution in [2.24, 2.45) is 0 Å². The molecule has 0 saturated carbocycles. The van der Waals surface area contributed by atoms with Gasteiger partial charge in [-0.2, -0.15) is 0 Å². The Bertz CT molecular complexity index is 1240. The zero-order valence-electron chi connectivity index (χ0n) is 24.4. The SMILES string of the molecule is CCCCCCCCc1ccc(C(=O)O)c(CCCCCCCC)c1-c1ccccc1-c1cccc(C(=O)O)c1. The molecule has 4 nitrogen and oxygen atoms in total. The molecule has 0 aliphatic heterocycles. The fraction of sp³-hybridized carbons (Fsp3) is 0.444. The van der Waals surface area contributed by atoms with Crippen LogP contribution in [0.25, 0.3) is 22.3 Å². The molecule has 0 heterocycles. The molecule has 0 aliphatic carbocycles. The number of rotatable bonds is 18. The Labute approximate surface area is 240 Å². The van der Waals surface area contributed by atoms with E-state index in [4.69, 9.17) is 0 Å². The normalized spacial score (nSPS) is 11.1. The summed E-state index contributed by atoms with van der Waals surface area (Å²) >= 11 is 0. The van der Waals surface area contributed by atoms with Gasteiger partial charge in [0, 0.05) is 0 Å². The minimum atomic E-state index is -0.959. The topological polar surface area (TPSA) is 74.6 Å². The predicted octanol–water partition coefficient (Wildman–Crippen LogP) is 10.2. The first-order valence-corrected chi connectivity index (χ1v) is 15.3. The van der Waals surface area contributed by atoms with E-state index in [1.54, 1.807) is 24.3 Å². The lowest BCUT2D eigenvalue weighted by molar-refractivity contribution is 0.0685. The molecule has 0 aromatic heterocycles. The highest BCUT2D eigenvalue weighted by molar-refractivity contribution is 5.96. The third kappa shape index (κ3) is 8.81. The number of aromatic carboxylic acids is 2. The lowest BCUT2D eigenvalue weighted by Crippen LogP contribution is -2.08. The van der Waals surface area contributed by atoms with Crippen molar-refractivity contribution in [2.45, 2.75) is 104 Å². The van der Waals surface area contributed by atoms with Crippen molar-refractivity contribution in [3.05, 3.63) is 82.9 Å². The first kappa shape index (κ1) is 31.1. The third-order valence-corrected chi connectivity index (χ3v) is 7.83. The zero-order valence-corrected chi connectivity index (χ0v) is 24.4. The molecule has 3 aromatic rings. The van der Waals surface area contributed by atoms with Gasteiger partial charge >= 0.3 is 11.9 Å². The van der Waals surface area contributed by atoms with Crippen LogP contribution in [0, 0.1) is 0 Å². The van der Waals surface area contributed by atoms with Gasteiger partial charge in [0.05, 0.1) is 11.1 Å². The number of carboxylic acids is 2. The Morgan fingerprint density at radius 1 is 0.600 bits per heavy atom. The Kier molecular flexibility index (Phi) is 13.0. The summed E-state index contributed by atoms with van der Waals surface area (Å²) < 4.78 is 0. The lowest BCUT2D eigenvalue weighted by atomic mass is 9.83. The maximum Gasteiger partial charge on any atom is 0.335 e. The standard InChI is InChI=1S/C36H46O4/c1-3-5-7-9-11-13-18-27-24-25-33(36(39)40)32(22-14-12-10-8-6-4-2)34(27)31-23-16-15-21-30(31)28-19-17-20-29(26-28)35(37)38/h15-17,19-21,23-26H,3-14,18,22H2,1-2H3,(H,37,38)(H,39,40). The second kappa shape index (κ2) is 16.6. The molecule has 3 aromatic carbocycles. The molecular weight excluding hydrogens is 496 g/mol. The monoisotopic (exact) mass is 542 g/mol. The number of benzene rings is 3. The average Bonchev–Trinajstić information content (AvgIpc) is 2.96. The van der Waals surface area contributed by atoms with E-state index in [1.807, 2.05) is 30.3 Å². The molecule has 0 radical (unpaired) electrons. The Hall–Kier alpha value is -3.40. The average molecular weight is 543 g/mol. The van der Waals surface area contributed by atoms with Crippen LogP contribution >= 0.6 is 0 Å². The second-order valence-corrected chi connectivity index (χ2v) is 10.9. The molecular formula is C36H46O4. The van der Waals surface area contributed by atoms with Gasteiger partial charge in [-0.1, -0.05) is 121 Å². The van der Waals surface area contributed by atoms with Crippen LogP contribution in [0.5, 0.6) is 0 Å². The van der Waals surface area contributed by atoms with Gasteiger partial charge < -0.3 is 10.2 Å². The smallest absolute Gasteiger partial charge is 0.335 e. The van der Waals surface area contributed by atoms with Gasteiger partial charge in [0.1, 0.15) is 0 Å². The predicted molar refractivity (Wildman–Crippen MR) is 165 cm³/mol. The summed E-state index contributed by atoms with van der Waals surface area (Å²) in [5.41, 5.74) is 6.48. The zero-order chi connectivity index (χ0) is 28.7. The first-order valence-electron chi connectivity index (χ1n) is 15.3. The van der Waals surface area contributed by atoms with Crippen LogP contribution in [0.1, 0.15) is 123 Å². The Balaban J connectivity index is 2.07. The molecule has 0 bridgehead atoms. The Morgan fingerprint density at radius 2 is 1.20 bits per heavy atom. The summed E-state index contributed by atoms with van der Waals surface area (Å²) in [6.07, 6.45) is 15.7. The van der Waals surface area contributed by atoms with E-state index >= 15 is 0 Å². The number of hydrogen-bond acceptors (Lipinski definition) is 2. The van der Waals surface area contributed by atoms with Crippen LogP contribution < -0.4 is 0 Å². The number of aryl methyl sites for hydroxylation is 1. The lowest BCUT2D eigenvalue weighted by Gasteiger charge is -2.21. The van der Waals surface area contributed by atoms with E-state index < -0.39 is 11.9 Å². The number of unbranched alkanes of at least 4 members (excludes halogenated alkanes) is 10. The van der Waals surface area contributed by atoms with E-state index in [2.05, 4.69) is 19.9 Å². The van der Waals surface area contributed by atoms with Gasteiger partial charge in [0.2, 0.25) is 0 Å². The molecule has 2 N–H and O–H groups in total. The quantitative estimate of drug-likeness (QED) is 0.157. The molecule has 0 saturated heterocycles. The number of hydrogen-bond donors (Lipinski definition) is 2. The minimum absolute atomic E-state index is 0.242. The summed E-state index contributed by atoms with van der Waals surface area (Å²) in [5, 5.41) is 19.8. The van der Waals surface area contributed by atoms with Crippen LogP contribution in [-0.2, 0) is 12.8 Å². The molecule has 0 atom stereocenters. The fourth-order valence-corrected chi connectivity index (χ4v) is 5.65. The highest BCUT2D eigenvalue weighted by Gasteiger charge is 2.21. The summed E-state index contributed by atoms with van der Waals surface area (Å²) in [4.78, 5) is 24.2. The molecule has 0 fully saturated rings. The van der Waals surface area contributed by atoms with Crippen LogP contribution in [0.4, 0.5) is 0 Å². The van der Waals surface area contributed by atoms with Crippen molar-refractivity contribution >= 4 is 11.9 Å². The number of carboxylic acid groups (broad SMARTS) is 2. The van der Waals surface area contributed by atoms with Crippen LogP contribution in [0.15, 0.2) is 60.7 Å². The minimum Gasteiger partial charge on any atom is -0.478 e. The van der Waals surface area contributed by atoms with E-state index in [0.717, 1.165) is 66.3 Å². The largest absolute Gasteiger partial charge is 0.478 e. The maximum absolute atomic E-state index is 12.5. The van der Waals surface area contributed by atoms with Crippen molar-refractivity contribution in [3.8, 4) is 22.3 Å². The van der Waals surface area contributed by atoms with Crippen LogP contribution in [0.3, 0.4) is 0 Å². The van der Waals surface area contributed by atoms with Gasteiger partial charge in [-0.3, -0.25) is 0 Å². The van der Waals surface area contributed by atoms with Gasteiger partial charge in [0.25, 0.3) is 0 Å². The van der Waals surface area contributed by atoms with Crippen LogP contribution in [0.2, 0.25) is 0 Å². The molecule has 0 spiro atoms. The van der Waals surface area contributed by atoms with Crippen molar-refractivity contribution in [2.75, 3.05) is 0 Å². The molecule has 0 unspecified atom stereocenters. The third-order valence-electron chi connectivity index (χ3n) is 7.83. The molecule has 0 aliphatic rings. The van der Waals surface area contributed by atoms with Crippen molar-refractivity contribution < 1.29 is 19.8 Å². The maximum atomic E-state index is 12.5. The van der Waals surface area contributed by atoms with E-state index in [0.29, 0.717) is 5.56 Å². The molecule has 4 heteroatoms. The van der Waals surface area contributed by atoms with Gasteiger partial charge in [-0.25, -0.2) is 9.59 Å². The van der Waals surface area contributed by atoms with Crippen molar-refractivity contribution in [1.29, 1.82) is 0 Å². The fourth-order valence-electron chi connectivity index (χ4n) is 5.65. The summed E-state index contributed by atoms with van der Waals surface area (Å²) in [5.74, 6) is -1.85. The highest BCUT2D eigenvalue weighted by atomic mass is 16.4. The molecule has 40 heavy (non-hydrogen) atoms. The van der Waals surface area contributed by atoms with Gasteiger partial charge in [-0.15, -0.1) is 0 Å². The first-order chi connectivity index (χ1) is 19.5. The number of carbonyl (C=O) groups is 2. The van der Waals surface area contributed by atoms with E-state index in [1.165, 1.54) is 56.9 Å². The Morgan fingerprint density at radius 3 is 1.82 bits per heavy atom. The second-order valence-electron chi connectivity index (χ2n) is 10.9. The van der Waals surface area contributed by atoms with Crippen molar-refractivity contribution in [3.63, 3.8) is 0 Å². The molecule has 3 rings (SSSR count). The highest BCUT2D eigenvalue weighted by Crippen LogP contribution is 2.39. The molecule has 0 amide bonds. The van der Waals surface area contributed by atoms with Gasteiger partial charge in [0.15, 0.2) is 0 Å². The van der Waals surface area contributed by atoms with E-state index in [-0.39, 0.29) is 5.56 Å². The molecule has 214 valence electrons. The van der Waals surface area contributed by atoms with Crippen LogP contribution in [-0.4, -0.2) is 22.2 Å². The summed E-state index contributed by atoms with van der Waals surface area (Å²) in [6.45, 7) is 4.44. The summed E-state index contributed by atoms with van der Waals surface area (Å²) in [7, 11) is 0. The summed E-state index contributed by atoms with van der Waals surface area (Å²) in [6, 6.07) is 18.9. The van der Waals surface area contributed by atoms with Crippen molar-refractivity contribution in [1.82, 2.24) is 0 Å². The van der Waals surface area contributed by atoms with Gasteiger partial charge in [-0.05, 0) is 77.3 Å².